The zero-order chi connectivity index (χ0) is 20.7. The SMILES string of the molecule is NS(=O)(=O)c1ccc(CC(=O)NC(CCCc2ccccc2)c2ccccc2)s1. The number of nitrogens with one attached hydrogen (secondary N) is 1. The first-order valence-corrected chi connectivity index (χ1v) is 11.8. The van der Waals surface area contributed by atoms with E-state index in [0.29, 0.717) is 4.88 Å². The number of carbonyl (C=O) groups is 1. The largest absolute Gasteiger partial charge is 0.349 e. The fraction of sp³-hybridized carbons (Fsp3) is 0.227. The van der Waals surface area contributed by atoms with Gasteiger partial charge in [0.05, 0.1) is 12.5 Å². The summed E-state index contributed by atoms with van der Waals surface area (Å²) in [6.07, 6.45) is 2.83. The third-order valence-corrected chi connectivity index (χ3v) is 7.11. The van der Waals surface area contributed by atoms with Crippen LogP contribution in [0.5, 0.6) is 0 Å². The maximum atomic E-state index is 12.6. The fourth-order valence-electron chi connectivity index (χ4n) is 3.17. The van der Waals surface area contributed by atoms with Crippen LogP contribution in [0.1, 0.15) is 34.9 Å². The molecule has 29 heavy (non-hydrogen) atoms. The first-order chi connectivity index (χ1) is 13.9. The molecule has 0 spiro atoms. The zero-order valence-corrected chi connectivity index (χ0v) is 17.6. The average Bonchev–Trinajstić information content (AvgIpc) is 3.18. The number of thiophene rings is 1. The molecule has 0 bridgehead atoms. The highest BCUT2D eigenvalue weighted by Gasteiger charge is 2.17. The molecule has 1 atom stereocenters. The van der Waals surface area contributed by atoms with Crippen molar-refractivity contribution in [1.29, 1.82) is 0 Å². The lowest BCUT2D eigenvalue weighted by molar-refractivity contribution is -0.121. The Balaban J connectivity index is 1.63. The van der Waals surface area contributed by atoms with Gasteiger partial charge in [0, 0.05) is 4.88 Å². The summed E-state index contributed by atoms with van der Waals surface area (Å²) in [6, 6.07) is 23.2. The molecule has 3 N–H and O–H groups in total. The molecule has 0 saturated carbocycles. The second-order valence-corrected chi connectivity index (χ2v) is 9.81. The number of nitrogens with two attached hydrogens (primary N) is 1. The number of hydrogen-bond acceptors (Lipinski definition) is 4. The summed E-state index contributed by atoms with van der Waals surface area (Å²) >= 11 is 1.03. The molecular formula is C22H24N2O3S2. The van der Waals surface area contributed by atoms with E-state index in [1.54, 1.807) is 6.07 Å². The normalized spacial score (nSPS) is 12.4. The van der Waals surface area contributed by atoms with E-state index in [9.17, 15) is 13.2 Å². The van der Waals surface area contributed by atoms with E-state index in [-0.39, 0.29) is 22.6 Å². The van der Waals surface area contributed by atoms with Gasteiger partial charge in [-0.3, -0.25) is 4.79 Å². The third kappa shape index (κ3) is 6.52. The van der Waals surface area contributed by atoms with Crippen LogP contribution < -0.4 is 10.5 Å². The van der Waals surface area contributed by atoms with E-state index < -0.39 is 10.0 Å². The Hall–Kier alpha value is -2.48. The summed E-state index contributed by atoms with van der Waals surface area (Å²) in [6.45, 7) is 0. The maximum Gasteiger partial charge on any atom is 0.247 e. The van der Waals surface area contributed by atoms with Crippen molar-refractivity contribution in [3.8, 4) is 0 Å². The first-order valence-electron chi connectivity index (χ1n) is 9.41. The van der Waals surface area contributed by atoms with E-state index in [4.69, 9.17) is 5.14 Å². The molecule has 0 radical (unpaired) electrons. The monoisotopic (exact) mass is 428 g/mol. The van der Waals surface area contributed by atoms with E-state index in [0.717, 1.165) is 36.2 Å². The Bertz CT molecular complexity index is 1030. The Morgan fingerprint density at radius 2 is 1.62 bits per heavy atom. The number of carbonyl (C=O) groups excluding carboxylic acids is 1. The smallest absolute Gasteiger partial charge is 0.247 e. The van der Waals surface area contributed by atoms with Crippen molar-refractivity contribution in [3.05, 3.63) is 88.8 Å². The predicted octanol–water partition coefficient (Wildman–Crippen LogP) is 3.82. The van der Waals surface area contributed by atoms with Crippen molar-refractivity contribution in [2.45, 2.75) is 35.9 Å². The molecular weight excluding hydrogens is 404 g/mol. The van der Waals surface area contributed by atoms with Gasteiger partial charge in [-0.05, 0) is 42.5 Å². The average molecular weight is 429 g/mol. The highest BCUT2D eigenvalue weighted by atomic mass is 32.2. The number of rotatable bonds is 9. The minimum atomic E-state index is -3.74. The zero-order valence-electron chi connectivity index (χ0n) is 16.0. The third-order valence-electron chi connectivity index (χ3n) is 4.59. The highest BCUT2D eigenvalue weighted by Crippen LogP contribution is 2.23. The molecule has 0 saturated heterocycles. The standard InChI is InChI=1S/C22H24N2O3S2/c23-29(26,27)22-15-14-19(28-22)16-21(25)24-20(18-11-5-2-6-12-18)13-7-10-17-8-3-1-4-9-17/h1-6,8-9,11-12,14-15,20H,7,10,13,16H2,(H,24,25)(H2,23,26,27). The lowest BCUT2D eigenvalue weighted by Gasteiger charge is -2.19. The molecule has 3 aromatic rings. The first kappa shape index (κ1) is 21.2. The molecule has 0 aliphatic heterocycles. The van der Waals surface area contributed by atoms with Gasteiger partial charge in [-0.25, -0.2) is 13.6 Å². The molecule has 0 aliphatic rings. The van der Waals surface area contributed by atoms with Gasteiger partial charge in [0.2, 0.25) is 15.9 Å². The van der Waals surface area contributed by atoms with Crippen LogP contribution in [0.2, 0.25) is 0 Å². The highest BCUT2D eigenvalue weighted by molar-refractivity contribution is 7.91. The number of sulfonamides is 1. The lowest BCUT2D eigenvalue weighted by atomic mass is 9.99. The van der Waals surface area contributed by atoms with Crippen molar-refractivity contribution < 1.29 is 13.2 Å². The quantitative estimate of drug-likeness (QED) is 0.543. The van der Waals surface area contributed by atoms with Crippen molar-refractivity contribution in [2.75, 3.05) is 0 Å². The molecule has 0 fully saturated rings. The number of aryl methyl sites for hydroxylation is 1. The molecule has 5 nitrogen and oxygen atoms in total. The molecule has 7 heteroatoms. The van der Waals surface area contributed by atoms with Crippen LogP contribution in [-0.2, 0) is 27.7 Å². The fourth-order valence-corrected chi connectivity index (χ4v) is 4.95. The topological polar surface area (TPSA) is 89.3 Å². The van der Waals surface area contributed by atoms with Crippen LogP contribution in [0.3, 0.4) is 0 Å². The van der Waals surface area contributed by atoms with E-state index in [1.165, 1.54) is 11.6 Å². The van der Waals surface area contributed by atoms with Crippen LogP contribution in [0, 0.1) is 0 Å². The summed E-state index contributed by atoms with van der Waals surface area (Å²) in [7, 11) is -3.74. The molecule has 1 heterocycles. The summed E-state index contributed by atoms with van der Waals surface area (Å²) < 4.78 is 22.9. The number of hydrogen-bond donors (Lipinski definition) is 2. The Morgan fingerprint density at radius 1 is 0.966 bits per heavy atom. The molecule has 0 aliphatic carbocycles. The van der Waals surface area contributed by atoms with Gasteiger partial charge >= 0.3 is 0 Å². The summed E-state index contributed by atoms with van der Waals surface area (Å²) in [4.78, 5) is 13.3. The maximum absolute atomic E-state index is 12.6. The van der Waals surface area contributed by atoms with Crippen LogP contribution in [0.4, 0.5) is 0 Å². The predicted molar refractivity (Wildman–Crippen MR) is 116 cm³/mol. The van der Waals surface area contributed by atoms with Gasteiger partial charge in [-0.2, -0.15) is 0 Å². The molecule has 1 aromatic heterocycles. The molecule has 1 amide bonds. The second-order valence-electron chi connectivity index (χ2n) is 6.85. The van der Waals surface area contributed by atoms with Crippen molar-refractivity contribution in [2.24, 2.45) is 5.14 Å². The molecule has 152 valence electrons. The summed E-state index contributed by atoms with van der Waals surface area (Å²) in [5.41, 5.74) is 2.34. The summed E-state index contributed by atoms with van der Waals surface area (Å²) in [5.74, 6) is -0.138. The Kier molecular flexibility index (Phi) is 7.19. The number of primary sulfonamides is 1. The molecule has 2 aromatic carbocycles. The van der Waals surface area contributed by atoms with E-state index in [2.05, 4.69) is 17.4 Å². The minimum Gasteiger partial charge on any atom is -0.349 e. The summed E-state index contributed by atoms with van der Waals surface area (Å²) in [5, 5.41) is 8.25. The molecule has 3 rings (SSSR count). The van der Waals surface area contributed by atoms with Crippen molar-refractivity contribution >= 4 is 27.3 Å². The van der Waals surface area contributed by atoms with Crippen LogP contribution in [0.15, 0.2) is 77.0 Å². The Labute approximate surface area is 175 Å². The lowest BCUT2D eigenvalue weighted by Crippen LogP contribution is -2.29. The van der Waals surface area contributed by atoms with Gasteiger partial charge < -0.3 is 5.32 Å². The van der Waals surface area contributed by atoms with Gasteiger partial charge in [-0.15, -0.1) is 11.3 Å². The number of benzene rings is 2. The van der Waals surface area contributed by atoms with Gasteiger partial charge in [0.25, 0.3) is 0 Å². The van der Waals surface area contributed by atoms with Gasteiger partial charge in [0.15, 0.2) is 0 Å². The molecule has 1 unspecified atom stereocenters. The van der Waals surface area contributed by atoms with Gasteiger partial charge in [0.1, 0.15) is 4.21 Å². The van der Waals surface area contributed by atoms with Crippen LogP contribution in [-0.4, -0.2) is 14.3 Å². The van der Waals surface area contributed by atoms with Crippen LogP contribution >= 0.6 is 11.3 Å². The number of amides is 1. The van der Waals surface area contributed by atoms with Crippen molar-refractivity contribution in [1.82, 2.24) is 5.32 Å². The van der Waals surface area contributed by atoms with Crippen LogP contribution in [0.25, 0.3) is 0 Å². The van der Waals surface area contributed by atoms with Gasteiger partial charge in [-0.1, -0.05) is 60.7 Å². The van der Waals surface area contributed by atoms with Crippen molar-refractivity contribution in [3.63, 3.8) is 0 Å². The Morgan fingerprint density at radius 3 is 2.24 bits per heavy atom. The van der Waals surface area contributed by atoms with E-state index in [1.807, 2.05) is 48.5 Å². The van der Waals surface area contributed by atoms with E-state index >= 15 is 0 Å². The second kappa shape index (κ2) is 9.82. The minimum absolute atomic E-state index is 0.0720.